The number of nitrogens with zero attached hydrogens (tertiary/aromatic N) is 1. The lowest BCUT2D eigenvalue weighted by Crippen LogP contribution is -2.22. The zero-order valence-corrected chi connectivity index (χ0v) is 7.05. The number of nitrogens with two attached hydrogens (primary N) is 1. The molecular weight excluding hydrogens is 140 g/mol. The highest BCUT2D eigenvalue weighted by Crippen LogP contribution is 2.10. The normalized spacial score (nSPS) is 22.1. The van der Waals surface area contributed by atoms with Crippen molar-refractivity contribution in [3.8, 4) is 0 Å². The van der Waals surface area contributed by atoms with Crippen molar-refractivity contribution in [1.82, 2.24) is 0 Å². The maximum Gasteiger partial charge on any atom is 0.0937 e. The van der Waals surface area contributed by atoms with Gasteiger partial charge >= 0.3 is 0 Å². The number of hydrogen-bond donors (Lipinski definition) is 1. The standard InChI is InChI=1S/C8H16N2O/c1-2-8(9)10-7-3-5-11-6-4-7/h7H,2-6H2,1H3,(H2,9,10). The van der Waals surface area contributed by atoms with Gasteiger partial charge in [-0.15, -0.1) is 0 Å². The van der Waals surface area contributed by atoms with Crippen molar-refractivity contribution in [2.24, 2.45) is 10.7 Å². The van der Waals surface area contributed by atoms with Crippen LogP contribution in [0, 0.1) is 0 Å². The van der Waals surface area contributed by atoms with E-state index in [0.717, 1.165) is 38.3 Å². The molecule has 1 saturated heterocycles. The molecular formula is C8H16N2O. The van der Waals surface area contributed by atoms with E-state index in [1.165, 1.54) is 0 Å². The van der Waals surface area contributed by atoms with Crippen molar-refractivity contribution in [2.45, 2.75) is 32.2 Å². The fourth-order valence-electron chi connectivity index (χ4n) is 1.14. The first kappa shape index (κ1) is 8.53. The molecule has 0 atom stereocenters. The highest BCUT2D eigenvalue weighted by Gasteiger charge is 2.11. The van der Waals surface area contributed by atoms with Crippen LogP contribution < -0.4 is 5.73 Å². The van der Waals surface area contributed by atoms with Crippen LogP contribution in [-0.2, 0) is 4.74 Å². The van der Waals surface area contributed by atoms with Crippen LogP contribution in [0.3, 0.4) is 0 Å². The van der Waals surface area contributed by atoms with E-state index in [4.69, 9.17) is 10.5 Å². The molecule has 0 aliphatic carbocycles. The van der Waals surface area contributed by atoms with E-state index in [0.29, 0.717) is 6.04 Å². The Balaban J connectivity index is 2.34. The van der Waals surface area contributed by atoms with Gasteiger partial charge < -0.3 is 10.5 Å². The second kappa shape index (κ2) is 4.34. The quantitative estimate of drug-likeness (QED) is 0.477. The molecule has 1 rings (SSSR count). The summed E-state index contributed by atoms with van der Waals surface area (Å²) in [6, 6.07) is 0.420. The van der Waals surface area contributed by atoms with Crippen LogP contribution in [0.5, 0.6) is 0 Å². The SMILES string of the molecule is CCC(N)=NC1CCOCC1. The van der Waals surface area contributed by atoms with Gasteiger partial charge in [0.25, 0.3) is 0 Å². The van der Waals surface area contributed by atoms with Crippen molar-refractivity contribution >= 4 is 5.84 Å². The maximum absolute atomic E-state index is 5.61. The average Bonchev–Trinajstić information content (AvgIpc) is 2.06. The molecule has 3 nitrogen and oxygen atoms in total. The van der Waals surface area contributed by atoms with E-state index in [1.807, 2.05) is 6.92 Å². The Morgan fingerprint density at radius 3 is 2.73 bits per heavy atom. The third-order valence-corrected chi connectivity index (χ3v) is 1.90. The van der Waals surface area contributed by atoms with Gasteiger partial charge in [0.2, 0.25) is 0 Å². The Morgan fingerprint density at radius 1 is 1.55 bits per heavy atom. The summed E-state index contributed by atoms with van der Waals surface area (Å²) in [6.45, 7) is 3.70. The summed E-state index contributed by atoms with van der Waals surface area (Å²) in [6.07, 6.45) is 2.92. The largest absolute Gasteiger partial charge is 0.387 e. The molecule has 3 heteroatoms. The molecule has 1 aliphatic heterocycles. The third-order valence-electron chi connectivity index (χ3n) is 1.90. The molecule has 1 heterocycles. The zero-order valence-electron chi connectivity index (χ0n) is 7.05. The first-order valence-corrected chi connectivity index (χ1v) is 4.22. The number of rotatable bonds is 2. The number of amidine groups is 1. The van der Waals surface area contributed by atoms with E-state index in [1.54, 1.807) is 0 Å². The molecule has 64 valence electrons. The Hall–Kier alpha value is -0.570. The minimum absolute atomic E-state index is 0.420. The molecule has 1 aliphatic rings. The molecule has 0 saturated carbocycles. The average molecular weight is 156 g/mol. The molecule has 2 N–H and O–H groups in total. The minimum atomic E-state index is 0.420. The van der Waals surface area contributed by atoms with Crippen LogP contribution in [-0.4, -0.2) is 25.1 Å². The first-order valence-electron chi connectivity index (χ1n) is 4.22. The molecule has 1 fully saturated rings. The van der Waals surface area contributed by atoms with Gasteiger partial charge in [-0.3, -0.25) is 4.99 Å². The molecule has 0 aromatic rings. The van der Waals surface area contributed by atoms with E-state index >= 15 is 0 Å². The number of hydrogen-bond acceptors (Lipinski definition) is 2. The molecule has 11 heavy (non-hydrogen) atoms. The van der Waals surface area contributed by atoms with Crippen LogP contribution in [0.2, 0.25) is 0 Å². The van der Waals surface area contributed by atoms with Crippen molar-refractivity contribution < 1.29 is 4.74 Å². The van der Waals surface area contributed by atoms with Crippen LogP contribution >= 0.6 is 0 Å². The lowest BCUT2D eigenvalue weighted by molar-refractivity contribution is 0.0870. The predicted molar refractivity (Wildman–Crippen MR) is 45.8 cm³/mol. The third kappa shape index (κ3) is 2.89. The van der Waals surface area contributed by atoms with Crippen LogP contribution in [0.25, 0.3) is 0 Å². The Labute approximate surface area is 67.6 Å². The van der Waals surface area contributed by atoms with Crippen molar-refractivity contribution in [2.75, 3.05) is 13.2 Å². The Morgan fingerprint density at radius 2 is 2.18 bits per heavy atom. The van der Waals surface area contributed by atoms with Crippen molar-refractivity contribution in [3.63, 3.8) is 0 Å². The number of ether oxygens (including phenoxy) is 1. The minimum Gasteiger partial charge on any atom is -0.387 e. The van der Waals surface area contributed by atoms with Crippen LogP contribution in [0.15, 0.2) is 4.99 Å². The van der Waals surface area contributed by atoms with E-state index in [-0.39, 0.29) is 0 Å². The summed E-state index contributed by atoms with van der Waals surface area (Å²) in [7, 11) is 0. The summed E-state index contributed by atoms with van der Waals surface area (Å²) in [5, 5.41) is 0. The summed E-state index contributed by atoms with van der Waals surface area (Å²) >= 11 is 0. The lowest BCUT2D eigenvalue weighted by Gasteiger charge is -2.18. The fraction of sp³-hybridized carbons (Fsp3) is 0.875. The molecule has 0 radical (unpaired) electrons. The number of aliphatic imine (C=N–C) groups is 1. The van der Waals surface area contributed by atoms with Crippen molar-refractivity contribution in [3.05, 3.63) is 0 Å². The Bertz CT molecular complexity index is 139. The van der Waals surface area contributed by atoms with Gasteiger partial charge in [-0.05, 0) is 12.8 Å². The van der Waals surface area contributed by atoms with Gasteiger partial charge in [0, 0.05) is 19.6 Å². The summed E-state index contributed by atoms with van der Waals surface area (Å²) < 4.78 is 5.20. The van der Waals surface area contributed by atoms with Gasteiger partial charge in [-0.25, -0.2) is 0 Å². The lowest BCUT2D eigenvalue weighted by atomic mass is 10.1. The predicted octanol–water partition coefficient (Wildman–Crippen LogP) is 0.933. The second-order valence-electron chi connectivity index (χ2n) is 2.82. The second-order valence-corrected chi connectivity index (χ2v) is 2.82. The molecule has 0 bridgehead atoms. The topological polar surface area (TPSA) is 47.6 Å². The molecule has 0 spiro atoms. The van der Waals surface area contributed by atoms with Gasteiger partial charge in [0.1, 0.15) is 0 Å². The van der Waals surface area contributed by atoms with E-state index < -0.39 is 0 Å². The van der Waals surface area contributed by atoms with Gasteiger partial charge in [-0.2, -0.15) is 0 Å². The molecule has 0 aromatic heterocycles. The Kier molecular flexibility index (Phi) is 3.36. The van der Waals surface area contributed by atoms with Crippen LogP contribution in [0.1, 0.15) is 26.2 Å². The van der Waals surface area contributed by atoms with Crippen molar-refractivity contribution in [1.29, 1.82) is 0 Å². The zero-order chi connectivity index (χ0) is 8.10. The highest BCUT2D eigenvalue weighted by molar-refractivity contribution is 5.80. The molecule has 0 aromatic carbocycles. The van der Waals surface area contributed by atoms with E-state index in [2.05, 4.69) is 4.99 Å². The first-order chi connectivity index (χ1) is 5.33. The van der Waals surface area contributed by atoms with Gasteiger partial charge in [0.15, 0.2) is 0 Å². The van der Waals surface area contributed by atoms with Gasteiger partial charge in [-0.1, -0.05) is 6.92 Å². The maximum atomic E-state index is 5.61. The summed E-state index contributed by atoms with van der Waals surface area (Å²) in [4.78, 5) is 4.37. The summed E-state index contributed by atoms with van der Waals surface area (Å²) in [5.74, 6) is 0.775. The van der Waals surface area contributed by atoms with Crippen LogP contribution in [0.4, 0.5) is 0 Å². The van der Waals surface area contributed by atoms with E-state index in [9.17, 15) is 0 Å². The highest BCUT2D eigenvalue weighted by atomic mass is 16.5. The fourth-order valence-corrected chi connectivity index (χ4v) is 1.14. The molecule has 0 amide bonds. The molecule has 0 unspecified atom stereocenters. The summed E-state index contributed by atoms with van der Waals surface area (Å²) in [5.41, 5.74) is 5.61. The smallest absolute Gasteiger partial charge is 0.0937 e. The van der Waals surface area contributed by atoms with Gasteiger partial charge in [0.05, 0.1) is 11.9 Å². The monoisotopic (exact) mass is 156 g/mol.